The van der Waals surface area contributed by atoms with Crippen molar-refractivity contribution < 1.29 is 13.9 Å². The molecule has 1 atom stereocenters. The van der Waals surface area contributed by atoms with Crippen LogP contribution in [-0.2, 0) is 4.74 Å². The van der Waals surface area contributed by atoms with Gasteiger partial charge in [-0.05, 0) is 32.9 Å². The van der Waals surface area contributed by atoms with E-state index in [4.69, 9.17) is 10.5 Å². The summed E-state index contributed by atoms with van der Waals surface area (Å²) in [6.45, 7) is 7.06. The number of hydrogen-bond donors (Lipinski definition) is 2. The third kappa shape index (κ3) is 3.85. The van der Waals surface area contributed by atoms with E-state index in [9.17, 15) is 9.18 Å². The lowest BCUT2D eigenvalue weighted by Crippen LogP contribution is -2.50. The van der Waals surface area contributed by atoms with E-state index in [0.717, 1.165) is 0 Å². The molecule has 1 aromatic carbocycles. The number of piperazine rings is 1. The molecule has 116 valence electrons. The van der Waals surface area contributed by atoms with Crippen molar-refractivity contribution in [1.29, 1.82) is 0 Å². The molecule has 0 saturated carbocycles. The largest absolute Gasteiger partial charge is 0.444 e. The maximum absolute atomic E-state index is 14.1. The van der Waals surface area contributed by atoms with Crippen LogP contribution in [0.1, 0.15) is 32.4 Å². The predicted octanol–water partition coefficient (Wildman–Crippen LogP) is 2.29. The average molecular weight is 295 g/mol. The topological polar surface area (TPSA) is 67.6 Å². The van der Waals surface area contributed by atoms with E-state index in [-0.39, 0.29) is 0 Å². The maximum Gasteiger partial charge on any atom is 0.410 e. The molecule has 3 N–H and O–H groups in total. The fraction of sp³-hybridized carbons (Fsp3) is 0.533. The Morgan fingerprint density at radius 3 is 2.81 bits per heavy atom. The van der Waals surface area contributed by atoms with Crippen molar-refractivity contribution in [2.75, 3.05) is 25.4 Å². The minimum absolute atomic E-state index is 0.365. The first-order valence-electron chi connectivity index (χ1n) is 7.03. The number of carbonyl (C=O) groups excluding carboxylic acids is 1. The standard InChI is InChI=1S/C15H22FN3O2/c1-15(2,3)21-14(20)19-7-6-18-9-13(19)11-5-4-10(17)8-12(11)16/h4-5,8,13,18H,6-7,9,17H2,1-3H3. The molecule has 0 aromatic heterocycles. The molecule has 0 bridgehead atoms. The summed E-state index contributed by atoms with van der Waals surface area (Å²) in [7, 11) is 0. The van der Waals surface area contributed by atoms with E-state index < -0.39 is 23.6 Å². The maximum atomic E-state index is 14.1. The zero-order chi connectivity index (χ0) is 15.6. The quantitative estimate of drug-likeness (QED) is 0.780. The first kappa shape index (κ1) is 15.6. The lowest BCUT2D eigenvalue weighted by atomic mass is 10.0. The molecule has 0 aliphatic carbocycles. The van der Waals surface area contributed by atoms with E-state index >= 15 is 0 Å². The van der Waals surface area contributed by atoms with E-state index in [1.54, 1.807) is 17.0 Å². The Bertz CT molecular complexity index is 528. The third-order valence-corrected chi connectivity index (χ3v) is 3.25. The van der Waals surface area contributed by atoms with E-state index in [1.165, 1.54) is 6.07 Å². The number of nitrogens with one attached hydrogen (secondary N) is 1. The Morgan fingerprint density at radius 1 is 1.48 bits per heavy atom. The van der Waals surface area contributed by atoms with E-state index in [0.29, 0.717) is 30.9 Å². The first-order valence-corrected chi connectivity index (χ1v) is 7.03. The molecule has 1 aliphatic heterocycles. The number of hydrogen-bond acceptors (Lipinski definition) is 4. The summed E-state index contributed by atoms with van der Waals surface area (Å²) in [5.74, 6) is -0.405. The van der Waals surface area contributed by atoms with Crippen LogP contribution in [0.2, 0.25) is 0 Å². The van der Waals surface area contributed by atoms with Gasteiger partial charge in [0.1, 0.15) is 11.4 Å². The lowest BCUT2D eigenvalue weighted by molar-refractivity contribution is 0.0114. The SMILES string of the molecule is CC(C)(C)OC(=O)N1CCNCC1c1ccc(N)cc1F. The van der Waals surface area contributed by atoms with Gasteiger partial charge in [0, 0.05) is 30.9 Å². The summed E-state index contributed by atoms with van der Waals surface area (Å²) in [4.78, 5) is 13.9. The zero-order valence-electron chi connectivity index (χ0n) is 12.6. The Kier molecular flexibility index (Phi) is 4.37. The van der Waals surface area contributed by atoms with Crippen molar-refractivity contribution in [3.05, 3.63) is 29.6 Å². The highest BCUT2D eigenvalue weighted by Gasteiger charge is 2.32. The number of nitrogen functional groups attached to an aromatic ring is 1. The molecular formula is C15H22FN3O2. The van der Waals surface area contributed by atoms with Crippen LogP contribution in [0.5, 0.6) is 0 Å². The van der Waals surface area contributed by atoms with Crippen molar-refractivity contribution >= 4 is 11.8 Å². The van der Waals surface area contributed by atoms with Crippen molar-refractivity contribution in [3.63, 3.8) is 0 Å². The summed E-state index contributed by atoms with van der Waals surface area (Å²) >= 11 is 0. The Morgan fingerprint density at radius 2 is 2.19 bits per heavy atom. The Balaban J connectivity index is 2.24. The molecular weight excluding hydrogens is 273 g/mol. The molecule has 1 fully saturated rings. The number of nitrogens with zero attached hydrogens (tertiary/aromatic N) is 1. The molecule has 1 saturated heterocycles. The summed E-state index contributed by atoms with van der Waals surface area (Å²) in [6, 6.07) is 4.14. The number of halogens is 1. The smallest absolute Gasteiger partial charge is 0.410 e. The van der Waals surface area contributed by atoms with Gasteiger partial charge < -0.3 is 15.8 Å². The summed E-state index contributed by atoms with van der Waals surface area (Å²) in [5.41, 5.74) is 5.81. The van der Waals surface area contributed by atoms with Gasteiger partial charge in [0.25, 0.3) is 0 Å². The van der Waals surface area contributed by atoms with Crippen LogP contribution in [0.3, 0.4) is 0 Å². The number of carbonyl (C=O) groups is 1. The second-order valence-corrected chi connectivity index (χ2v) is 6.17. The molecule has 2 rings (SSSR count). The van der Waals surface area contributed by atoms with Crippen LogP contribution < -0.4 is 11.1 Å². The average Bonchev–Trinajstić information content (AvgIpc) is 2.37. The van der Waals surface area contributed by atoms with Crippen LogP contribution in [0, 0.1) is 5.82 Å². The minimum Gasteiger partial charge on any atom is -0.444 e. The van der Waals surface area contributed by atoms with Crippen LogP contribution in [0.15, 0.2) is 18.2 Å². The highest BCUT2D eigenvalue weighted by atomic mass is 19.1. The van der Waals surface area contributed by atoms with Crippen LogP contribution in [0.25, 0.3) is 0 Å². The van der Waals surface area contributed by atoms with E-state index in [1.807, 2.05) is 20.8 Å². The summed E-state index contributed by atoms with van der Waals surface area (Å²) < 4.78 is 19.5. The van der Waals surface area contributed by atoms with Crippen molar-refractivity contribution in [2.24, 2.45) is 0 Å². The normalized spacial score (nSPS) is 19.4. The number of benzene rings is 1. The molecule has 5 nitrogen and oxygen atoms in total. The Labute approximate surface area is 124 Å². The van der Waals surface area contributed by atoms with Crippen LogP contribution in [-0.4, -0.2) is 36.2 Å². The van der Waals surface area contributed by atoms with Crippen LogP contribution >= 0.6 is 0 Å². The van der Waals surface area contributed by atoms with Gasteiger partial charge in [-0.1, -0.05) is 6.07 Å². The fourth-order valence-corrected chi connectivity index (χ4v) is 2.33. The molecule has 1 amide bonds. The number of ether oxygens (including phenoxy) is 1. The predicted molar refractivity (Wildman–Crippen MR) is 79.4 cm³/mol. The Hall–Kier alpha value is -1.82. The van der Waals surface area contributed by atoms with Gasteiger partial charge in [-0.25, -0.2) is 9.18 Å². The first-order chi connectivity index (χ1) is 9.78. The highest BCUT2D eigenvalue weighted by molar-refractivity contribution is 5.69. The second kappa shape index (κ2) is 5.89. The fourth-order valence-electron chi connectivity index (χ4n) is 2.33. The number of nitrogens with two attached hydrogens (primary N) is 1. The number of rotatable bonds is 1. The molecule has 1 aliphatic rings. The minimum atomic E-state index is -0.577. The molecule has 6 heteroatoms. The van der Waals surface area contributed by atoms with E-state index in [2.05, 4.69) is 5.32 Å². The molecule has 1 heterocycles. The van der Waals surface area contributed by atoms with Crippen LogP contribution in [0.4, 0.5) is 14.9 Å². The summed E-state index contributed by atoms with van der Waals surface area (Å²) in [5, 5.41) is 3.18. The molecule has 21 heavy (non-hydrogen) atoms. The molecule has 0 radical (unpaired) electrons. The number of amides is 1. The summed E-state index contributed by atoms with van der Waals surface area (Å²) in [6.07, 6.45) is -0.426. The van der Waals surface area contributed by atoms with Gasteiger partial charge in [0.05, 0.1) is 6.04 Å². The van der Waals surface area contributed by atoms with Crippen molar-refractivity contribution in [2.45, 2.75) is 32.4 Å². The van der Waals surface area contributed by atoms with Gasteiger partial charge in [0.2, 0.25) is 0 Å². The second-order valence-electron chi connectivity index (χ2n) is 6.17. The monoisotopic (exact) mass is 295 g/mol. The van der Waals surface area contributed by atoms with Gasteiger partial charge in [-0.3, -0.25) is 4.90 Å². The van der Waals surface area contributed by atoms with Gasteiger partial charge in [-0.2, -0.15) is 0 Å². The van der Waals surface area contributed by atoms with Gasteiger partial charge in [-0.15, -0.1) is 0 Å². The molecule has 1 aromatic rings. The van der Waals surface area contributed by atoms with Crippen molar-refractivity contribution in [3.8, 4) is 0 Å². The van der Waals surface area contributed by atoms with Crippen molar-refractivity contribution in [1.82, 2.24) is 10.2 Å². The highest BCUT2D eigenvalue weighted by Crippen LogP contribution is 2.27. The van der Waals surface area contributed by atoms with Gasteiger partial charge >= 0.3 is 6.09 Å². The molecule has 0 spiro atoms. The number of anilines is 1. The molecule has 1 unspecified atom stereocenters. The lowest BCUT2D eigenvalue weighted by Gasteiger charge is -2.37. The third-order valence-electron chi connectivity index (χ3n) is 3.25. The van der Waals surface area contributed by atoms with Gasteiger partial charge in [0.15, 0.2) is 0 Å². The zero-order valence-corrected chi connectivity index (χ0v) is 12.6.